The molecule has 3 rings (SSSR count). The molecule has 2 atom stereocenters. The van der Waals surface area contributed by atoms with E-state index in [1.807, 2.05) is 16.7 Å². The fraction of sp³-hybridized carbons (Fsp3) is 0.875. The molecule has 0 bridgehead atoms. The predicted octanol–water partition coefficient (Wildman–Crippen LogP) is 2.18. The fourth-order valence-electron chi connectivity index (χ4n) is 4.05. The van der Waals surface area contributed by atoms with Gasteiger partial charge in [-0.2, -0.15) is 0 Å². The zero-order valence-electron chi connectivity index (χ0n) is 12.7. The van der Waals surface area contributed by atoms with E-state index in [9.17, 15) is 9.59 Å². The van der Waals surface area contributed by atoms with Crippen LogP contribution in [0.5, 0.6) is 0 Å². The van der Waals surface area contributed by atoms with Crippen molar-refractivity contribution in [2.45, 2.75) is 70.9 Å². The summed E-state index contributed by atoms with van der Waals surface area (Å²) in [5, 5.41) is 0. The van der Waals surface area contributed by atoms with E-state index in [1.54, 1.807) is 0 Å². The molecule has 2 aliphatic heterocycles. The number of nitrogens with zero attached hydrogens (tertiary/aromatic N) is 2. The highest BCUT2D eigenvalue weighted by Gasteiger charge is 2.48. The van der Waals surface area contributed by atoms with E-state index in [0.29, 0.717) is 0 Å². The zero-order valence-corrected chi connectivity index (χ0v) is 12.7. The lowest BCUT2D eigenvalue weighted by Gasteiger charge is -2.51. The summed E-state index contributed by atoms with van der Waals surface area (Å²) < 4.78 is 0. The third kappa shape index (κ3) is 2.13. The number of carbonyl (C=O) groups is 2. The molecule has 2 amide bonds. The highest BCUT2D eigenvalue weighted by Crippen LogP contribution is 2.42. The van der Waals surface area contributed by atoms with Crippen LogP contribution >= 0.6 is 0 Å². The van der Waals surface area contributed by atoms with Crippen molar-refractivity contribution in [2.75, 3.05) is 13.1 Å². The summed E-state index contributed by atoms with van der Waals surface area (Å²) in [4.78, 5) is 29.3. The zero-order chi connectivity index (χ0) is 14.3. The minimum Gasteiger partial charge on any atom is -0.329 e. The molecule has 3 aliphatic rings. The molecule has 20 heavy (non-hydrogen) atoms. The van der Waals surface area contributed by atoms with Gasteiger partial charge in [-0.25, -0.2) is 0 Å². The number of rotatable bonds is 3. The maximum absolute atomic E-state index is 12.8. The van der Waals surface area contributed by atoms with Gasteiger partial charge in [-0.3, -0.25) is 9.59 Å². The lowest BCUT2D eigenvalue weighted by Crippen LogP contribution is -2.67. The van der Waals surface area contributed by atoms with Crippen LogP contribution in [0.25, 0.3) is 0 Å². The summed E-state index contributed by atoms with van der Waals surface area (Å²) in [7, 11) is 0. The Bertz CT molecular complexity index is 417. The van der Waals surface area contributed by atoms with Gasteiger partial charge in [-0.1, -0.05) is 20.3 Å². The molecule has 1 aliphatic carbocycles. The Morgan fingerprint density at radius 2 is 1.90 bits per heavy atom. The lowest BCUT2D eigenvalue weighted by atomic mass is 9.69. The molecule has 3 fully saturated rings. The first-order chi connectivity index (χ1) is 9.56. The molecule has 2 heterocycles. The van der Waals surface area contributed by atoms with Crippen molar-refractivity contribution in [2.24, 2.45) is 5.41 Å². The second-order valence-corrected chi connectivity index (χ2v) is 7.10. The smallest absolute Gasteiger partial charge is 0.246 e. The summed E-state index contributed by atoms with van der Waals surface area (Å²) >= 11 is 0. The van der Waals surface area contributed by atoms with E-state index in [4.69, 9.17) is 0 Å². The van der Waals surface area contributed by atoms with Crippen LogP contribution in [0.1, 0.15) is 58.8 Å². The third-order valence-corrected chi connectivity index (χ3v) is 5.51. The second kappa shape index (κ2) is 5.05. The van der Waals surface area contributed by atoms with Crippen molar-refractivity contribution in [1.29, 1.82) is 0 Å². The molecule has 0 aromatic rings. The molecular formula is C16H26N2O2. The largest absolute Gasteiger partial charge is 0.329 e. The maximum Gasteiger partial charge on any atom is 0.246 e. The molecular weight excluding hydrogens is 252 g/mol. The highest BCUT2D eigenvalue weighted by molar-refractivity contribution is 5.97. The average molecular weight is 278 g/mol. The third-order valence-electron chi connectivity index (χ3n) is 5.51. The number of amides is 2. The number of piperazine rings is 1. The van der Waals surface area contributed by atoms with Gasteiger partial charge in [0.25, 0.3) is 0 Å². The first-order valence-electron chi connectivity index (χ1n) is 8.17. The molecule has 2 unspecified atom stereocenters. The Morgan fingerprint density at radius 1 is 1.15 bits per heavy atom. The van der Waals surface area contributed by atoms with Crippen LogP contribution < -0.4 is 0 Å². The summed E-state index contributed by atoms with van der Waals surface area (Å²) in [5.74, 6) is 0.406. The molecule has 0 aromatic carbocycles. The molecule has 2 saturated heterocycles. The number of fused-ring (bicyclic) bond motifs is 1. The van der Waals surface area contributed by atoms with Crippen LogP contribution in [0.15, 0.2) is 0 Å². The minimum absolute atomic E-state index is 0.164. The Hall–Kier alpha value is -1.06. The lowest BCUT2D eigenvalue weighted by molar-refractivity contribution is -0.166. The SMILES string of the molecule is CCC1C(=O)N2CCCCC2C(=O)N1CC1(C)CCC1. The van der Waals surface area contributed by atoms with Crippen molar-refractivity contribution in [1.82, 2.24) is 9.80 Å². The topological polar surface area (TPSA) is 40.6 Å². The van der Waals surface area contributed by atoms with Gasteiger partial charge < -0.3 is 9.80 Å². The Balaban J connectivity index is 1.83. The van der Waals surface area contributed by atoms with E-state index >= 15 is 0 Å². The molecule has 112 valence electrons. The van der Waals surface area contributed by atoms with E-state index < -0.39 is 0 Å². The predicted molar refractivity (Wildman–Crippen MR) is 77.1 cm³/mol. The fourth-order valence-corrected chi connectivity index (χ4v) is 4.05. The summed E-state index contributed by atoms with van der Waals surface area (Å²) in [6.07, 6.45) is 7.36. The molecule has 0 aromatic heterocycles. The quantitative estimate of drug-likeness (QED) is 0.794. The normalized spacial score (nSPS) is 32.9. The second-order valence-electron chi connectivity index (χ2n) is 7.10. The first kappa shape index (κ1) is 13.9. The standard InChI is InChI=1S/C16H26N2O2/c1-3-12-14(19)17-10-5-4-7-13(17)15(20)18(12)11-16(2)8-6-9-16/h12-13H,3-11H2,1-2H3. The van der Waals surface area contributed by atoms with Crippen LogP contribution in [-0.2, 0) is 9.59 Å². The monoisotopic (exact) mass is 278 g/mol. The molecule has 0 radical (unpaired) electrons. The van der Waals surface area contributed by atoms with Crippen molar-refractivity contribution in [3.63, 3.8) is 0 Å². The average Bonchev–Trinajstić information content (AvgIpc) is 2.43. The summed E-state index contributed by atoms with van der Waals surface area (Å²) in [5.41, 5.74) is 0.250. The van der Waals surface area contributed by atoms with Crippen molar-refractivity contribution in [3.8, 4) is 0 Å². The molecule has 1 saturated carbocycles. The Kier molecular flexibility index (Phi) is 3.51. The number of piperidine rings is 1. The van der Waals surface area contributed by atoms with Crippen LogP contribution in [0, 0.1) is 5.41 Å². The first-order valence-corrected chi connectivity index (χ1v) is 8.17. The van der Waals surface area contributed by atoms with Crippen LogP contribution in [-0.4, -0.2) is 46.8 Å². The van der Waals surface area contributed by atoms with Gasteiger partial charge in [0.15, 0.2) is 0 Å². The van der Waals surface area contributed by atoms with E-state index in [-0.39, 0.29) is 29.3 Å². The van der Waals surface area contributed by atoms with Gasteiger partial charge in [-0.05, 0) is 43.9 Å². The number of carbonyl (C=O) groups excluding carboxylic acids is 2. The van der Waals surface area contributed by atoms with E-state index in [0.717, 1.165) is 38.8 Å². The van der Waals surface area contributed by atoms with Crippen molar-refractivity contribution in [3.05, 3.63) is 0 Å². The van der Waals surface area contributed by atoms with Crippen LogP contribution in [0.2, 0.25) is 0 Å². The highest BCUT2D eigenvalue weighted by atomic mass is 16.2. The Morgan fingerprint density at radius 3 is 2.50 bits per heavy atom. The maximum atomic E-state index is 12.8. The van der Waals surface area contributed by atoms with Crippen molar-refractivity contribution >= 4 is 11.8 Å². The van der Waals surface area contributed by atoms with Gasteiger partial charge in [0.05, 0.1) is 0 Å². The number of hydrogen-bond donors (Lipinski definition) is 0. The van der Waals surface area contributed by atoms with Gasteiger partial charge in [0.1, 0.15) is 12.1 Å². The van der Waals surface area contributed by atoms with Gasteiger partial charge in [0.2, 0.25) is 11.8 Å². The number of hydrogen-bond acceptors (Lipinski definition) is 2. The van der Waals surface area contributed by atoms with Gasteiger partial charge >= 0.3 is 0 Å². The molecule has 0 spiro atoms. The van der Waals surface area contributed by atoms with E-state index in [2.05, 4.69) is 6.92 Å². The van der Waals surface area contributed by atoms with Crippen LogP contribution in [0.4, 0.5) is 0 Å². The van der Waals surface area contributed by atoms with Gasteiger partial charge in [0, 0.05) is 13.1 Å². The molecule has 4 nitrogen and oxygen atoms in total. The van der Waals surface area contributed by atoms with Gasteiger partial charge in [-0.15, -0.1) is 0 Å². The molecule has 4 heteroatoms. The molecule has 0 N–H and O–H groups in total. The van der Waals surface area contributed by atoms with Crippen molar-refractivity contribution < 1.29 is 9.59 Å². The van der Waals surface area contributed by atoms with Crippen LogP contribution in [0.3, 0.4) is 0 Å². The minimum atomic E-state index is -0.214. The van der Waals surface area contributed by atoms with E-state index in [1.165, 1.54) is 19.3 Å². The summed E-state index contributed by atoms with van der Waals surface area (Å²) in [6, 6.07) is -0.378. The summed E-state index contributed by atoms with van der Waals surface area (Å²) in [6.45, 7) is 5.84. The Labute approximate surface area is 121 Å².